The number of nitrogens with zero attached hydrogens (tertiary/aromatic N) is 1. The number of anilines is 1. The van der Waals surface area contributed by atoms with Gasteiger partial charge in [-0.05, 0) is 36.2 Å². The molecular formula is C13H14N2O2S. The van der Waals surface area contributed by atoms with E-state index in [1.54, 1.807) is 36.7 Å². The maximum atomic E-state index is 11.9. The van der Waals surface area contributed by atoms with Crippen LogP contribution in [0.25, 0.3) is 0 Å². The number of hydrogen-bond acceptors (Lipinski definition) is 3. The monoisotopic (exact) mass is 262 g/mol. The van der Waals surface area contributed by atoms with E-state index in [0.29, 0.717) is 11.3 Å². The van der Waals surface area contributed by atoms with Gasteiger partial charge in [0.15, 0.2) is 0 Å². The van der Waals surface area contributed by atoms with Crippen LogP contribution in [-0.4, -0.2) is 13.4 Å². The maximum Gasteiger partial charge on any atom is 0.236 e. The topological polar surface area (TPSA) is 59.1 Å². The van der Waals surface area contributed by atoms with Gasteiger partial charge in [-0.25, -0.2) is 8.42 Å². The van der Waals surface area contributed by atoms with Crippen LogP contribution < -0.4 is 4.72 Å². The number of benzene rings is 1. The summed E-state index contributed by atoms with van der Waals surface area (Å²) >= 11 is 0. The second-order valence-electron chi connectivity index (χ2n) is 4.09. The van der Waals surface area contributed by atoms with E-state index in [4.69, 9.17) is 0 Å². The molecule has 0 radical (unpaired) electrons. The molecule has 0 fully saturated rings. The SMILES string of the molecule is Cc1cccc(NS(=O)(=O)Cc2cccnc2)c1. The minimum Gasteiger partial charge on any atom is -0.283 e. The lowest BCUT2D eigenvalue weighted by Gasteiger charge is -2.08. The fraction of sp³-hybridized carbons (Fsp3) is 0.154. The highest BCUT2D eigenvalue weighted by molar-refractivity contribution is 7.91. The molecule has 0 unspecified atom stereocenters. The van der Waals surface area contributed by atoms with Crippen LogP contribution >= 0.6 is 0 Å². The normalized spacial score (nSPS) is 11.2. The summed E-state index contributed by atoms with van der Waals surface area (Å²) in [4.78, 5) is 3.90. The van der Waals surface area contributed by atoms with Crippen molar-refractivity contribution in [2.45, 2.75) is 12.7 Å². The van der Waals surface area contributed by atoms with E-state index in [1.807, 2.05) is 19.1 Å². The summed E-state index contributed by atoms with van der Waals surface area (Å²) in [6, 6.07) is 10.7. The Morgan fingerprint density at radius 3 is 2.72 bits per heavy atom. The summed E-state index contributed by atoms with van der Waals surface area (Å²) in [7, 11) is -3.39. The predicted molar refractivity (Wildman–Crippen MR) is 71.7 cm³/mol. The lowest BCUT2D eigenvalue weighted by Crippen LogP contribution is -2.15. The molecular weight excluding hydrogens is 248 g/mol. The van der Waals surface area contributed by atoms with Crippen LogP contribution in [0.15, 0.2) is 48.8 Å². The second kappa shape index (κ2) is 5.18. The number of aryl methyl sites for hydroxylation is 1. The average molecular weight is 262 g/mol. The molecule has 0 saturated carbocycles. The van der Waals surface area contributed by atoms with Crippen molar-refractivity contribution in [1.29, 1.82) is 0 Å². The zero-order valence-electron chi connectivity index (χ0n) is 10.00. The third kappa shape index (κ3) is 3.56. The molecule has 0 atom stereocenters. The first kappa shape index (κ1) is 12.6. The molecule has 0 aliphatic carbocycles. The quantitative estimate of drug-likeness (QED) is 0.920. The fourth-order valence-electron chi connectivity index (χ4n) is 1.63. The van der Waals surface area contributed by atoms with Crippen LogP contribution in [0, 0.1) is 6.92 Å². The minimum absolute atomic E-state index is 0.0746. The Balaban J connectivity index is 2.13. The smallest absolute Gasteiger partial charge is 0.236 e. The Kier molecular flexibility index (Phi) is 3.62. The van der Waals surface area contributed by atoms with Gasteiger partial charge in [-0.2, -0.15) is 0 Å². The number of rotatable bonds is 4. The van der Waals surface area contributed by atoms with Crippen molar-refractivity contribution in [2.24, 2.45) is 0 Å². The molecule has 5 heteroatoms. The molecule has 0 spiro atoms. The fourth-order valence-corrected chi connectivity index (χ4v) is 2.79. The Hall–Kier alpha value is -1.88. The van der Waals surface area contributed by atoms with Gasteiger partial charge in [-0.1, -0.05) is 18.2 Å². The number of pyridine rings is 1. The molecule has 1 aromatic heterocycles. The highest BCUT2D eigenvalue weighted by Gasteiger charge is 2.11. The second-order valence-corrected chi connectivity index (χ2v) is 5.81. The lowest BCUT2D eigenvalue weighted by atomic mass is 10.2. The molecule has 0 bridgehead atoms. The zero-order chi connectivity index (χ0) is 13.0. The summed E-state index contributed by atoms with van der Waals surface area (Å²) in [5.41, 5.74) is 2.26. The van der Waals surface area contributed by atoms with E-state index >= 15 is 0 Å². The van der Waals surface area contributed by atoms with Crippen molar-refractivity contribution < 1.29 is 8.42 Å². The van der Waals surface area contributed by atoms with Crippen molar-refractivity contribution in [3.63, 3.8) is 0 Å². The molecule has 0 saturated heterocycles. The Morgan fingerprint density at radius 2 is 2.06 bits per heavy atom. The summed E-state index contributed by atoms with van der Waals surface area (Å²) in [5.74, 6) is -0.0746. The van der Waals surface area contributed by atoms with Crippen LogP contribution in [-0.2, 0) is 15.8 Å². The first-order chi connectivity index (χ1) is 8.55. The third-order valence-electron chi connectivity index (χ3n) is 2.37. The van der Waals surface area contributed by atoms with Crippen molar-refractivity contribution in [3.8, 4) is 0 Å². The lowest BCUT2D eigenvalue weighted by molar-refractivity contribution is 0.600. The standard InChI is InChI=1S/C13H14N2O2S/c1-11-4-2-6-13(8-11)15-18(16,17)10-12-5-3-7-14-9-12/h2-9,15H,10H2,1H3. The highest BCUT2D eigenvalue weighted by atomic mass is 32.2. The maximum absolute atomic E-state index is 11.9. The van der Waals surface area contributed by atoms with E-state index in [9.17, 15) is 8.42 Å². The first-order valence-corrected chi connectivity index (χ1v) is 7.16. The number of hydrogen-bond donors (Lipinski definition) is 1. The third-order valence-corrected chi connectivity index (χ3v) is 3.63. The molecule has 0 aliphatic heterocycles. The van der Waals surface area contributed by atoms with Crippen LogP contribution in [0.4, 0.5) is 5.69 Å². The summed E-state index contributed by atoms with van der Waals surface area (Å²) < 4.78 is 26.4. The minimum atomic E-state index is -3.39. The summed E-state index contributed by atoms with van der Waals surface area (Å²) in [6.07, 6.45) is 3.17. The number of aromatic nitrogens is 1. The van der Waals surface area contributed by atoms with E-state index in [0.717, 1.165) is 5.56 Å². The number of sulfonamides is 1. The van der Waals surface area contributed by atoms with Gasteiger partial charge in [0.05, 0.1) is 5.75 Å². The van der Waals surface area contributed by atoms with Crippen molar-refractivity contribution in [3.05, 3.63) is 59.9 Å². The van der Waals surface area contributed by atoms with Crippen LogP contribution in [0.3, 0.4) is 0 Å². The Bertz CT molecular complexity index is 624. The van der Waals surface area contributed by atoms with Gasteiger partial charge in [0.25, 0.3) is 0 Å². The molecule has 0 amide bonds. The molecule has 94 valence electrons. The molecule has 2 aromatic rings. The van der Waals surface area contributed by atoms with Gasteiger partial charge < -0.3 is 0 Å². The van der Waals surface area contributed by atoms with Crippen LogP contribution in [0.1, 0.15) is 11.1 Å². The highest BCUT2D eigenvalue weighted by Crippen LogP contribution is 2.13. The van der Waals surface area contributed by atoms with Gasteiger partial charge >= 0.3 is 0 Å². The number of nitrogens with one attached hydrogen (secondary N) is 1. The van der Waals surface area contributed by atoms with Crippen LogP contribution in [0.2, 0.25) is 0 Å². The zero-order valence-corrected chi connectivity index (χ0v) is 10.8. The molecule has 1 aromatic carbocycles. The summed E-state index contributed by atoms with van der Waals surface area (Å²) in [6.45, 7) is 1.92. The molecule has 18 heavy (non-hydrogen) atoms. The van der Waals surface area contributed by atoms with Crippen LogP contribution in [0.5, 0.6) is 0 Å². The Morgan fingerprint density at radius 1 is 1.22 bits per heavy atom. The van der Waals surface area contributed by atoms with E-state index < -0.39 is 10.0 Å². The van der Waals surface area contributed by atoms with Crippen molar-refractivity contribution in [1.82, 2.24) is 4.98 Å². The van der Waals surface area contributed by atoms with Gasteiger partial charge in [-0.3, -0.25) is 9.71 Å². The van der Waals surface area contributed by atoms with Gasteiger partial charge in [-0.15, -0.1) is 0 Å². The largest absolute Gasteiger partial charge is 0.283 e. The molecule has 4 nitrogen and oxygen atoms in total. The van der Waals surface area contributed by atoms with E-state index in [1.165, 1.54) is 0 Å². The van der Waals surface area contributed by atoms with Gasteiger partial charge in [0.2, 0.25) is 10.0 Å². The Labute approximate surface area is 107 Å². The molecule has 1 heterocycles. The van der Waals surface area contributed by atoms with Gasteiger partial charge in [0.1, 0.15) is 0 Å². The predicted octanol–water partition coefficient (Wildman–Crippen LogP) is 2.33. The summed E-state index contributed by atoms with van der Waals surface area (Å²) in [5, 5.41) is 0. The van der Waals surface area contributed by atoms with Gasteiger partial charge in [0, 0.05) is 18.1 Å². The molecule has 2 rings (SSSR count). The van der Waals surface area contributed by atoms with E-state index in [2.05, 4.69) is 9.71 Å². The molecule has 0 aliphatic rings. The van der Waals surface area contributed by atoms with E-state index in [-0.39, 0.29) is 5.75 Å². The molecule has 1 N–H and O–H groups in total. The van der Waals surface area contributed by atoms with Crippen molar-refractivity contribution in [2.75, 3.05) is 4.72 Å². The van der Waals surface area contributed by atoms with Crippen molar-refractivity contribution >= 4 is 15.7 Å². The first-order valence-electron chi connectivity index (χ1n) is 5.51. The average Bonchev–Trinajstić information content (AvgIpc) is 2.28.